The van der Waals surface area contributed by atoms with Crippen LogP contribution >= 0.6 is 11.8 Å². The zero-order valence-corrected chi connectivity index (χ0v) is 25.3. The lowest BCUT2D eigenvalue weighted by molar-refractivity contribution is -0.147. The molecular formula is C32H41N3O6S. The third-order valence-corrected chi connectivity index (χ3v) is 10.1. The van der Waals surface area contributed by atoms with Crippen molar-refractivity contribution in [1.82, 2.24) is 15.5 Å². The van der Waals surface area contributed by atoms with Gasteiger partial charge in [0, 0.05) is 24.3 Å². The Bertz CT molecular complexity index is 1260. The minimum atomic E-state index is -1.58. The fourth-order valence-corrected chi connectivity index (χ4v) is 7.44. The molecule has 3 fully saturated rings. The zero-order chi connectivity index (χ0) is 29.9. The van der Waals surface area contributed by atoms with Crippen LogP contribution in [0.25, 0.3) is 0 Å². The average molecular weight is 596 g/mol. The molecule has 2 aromatic carbocycles. The second-order valence-electron chi connectivity index (χ2n) is 12.1. The van der Waals surface area contributed by atoms with E-state index >= 15 is 0 Å². The van der Waals surface area contributed by atoms with Crippen molar-refractivity contribution in [3.05, 3.63) is 71.3 Å². The second-order valence-corrected chi connectivity index (χ2v) is 13.7. The predicted molar refractivity (Wildman–Crippen MR) is 161 cm³/mol. The lowest BCUT2D eigenvalue weighted by atomic mass is 9.97. The lowest BCUT2D eigenvalue weighted by Gasteiger charge is -2.33. The third kappa shape index (κ3) is 6.93. The van der Waals surface area contributed by atoms with E-state index in [4.69, 9.17) is 9.47 Å². The number of hydrogen-bond acceptors (Lipinski definition) is 7. The van der Waals surface area contributed by atoms with E-state index in [0.717, 1.165) is 36.1 Å². The summed E-state index contributed by atoms with van der Waals surface area (Å²) in [6, 6.07) is 15.4. The fraction of sp³-hybridized carbons (Fsp3) is 0.531. The topological polar surface area (TPSA) is 117 Å². The van der Waals surface area contributed by atoms with E-state index in [9.17, 15) is 19.5 Å². The van der Waals surface area contributed by atoms with Gasteiger partial charge in [0.15, 0.2) is 6.10 Å². The molecule has 2 saturated heterocycles. The van der Waals surface area contributed by atoms with Crippen molar-refractivity contribution in [2.75, 3.05) is 12.5 Å². The van der Waals surface area contributed by atoms with Gasteiger partial charge in [-0.3, -0.25) is 9.59 Å². The number of carbonyl (C=O) groups excluding carboxylic acids is 3. The Kier molecular flexibility index (Phi) is 9.44. The molecule has 0 radical (unpaired) electrons. The molecule has 3 aliphatic rings. The van der Waals surface area contributed by atoms with Gasteiger partial charge in [0.2, 0.25) is 5.91 Å². The number of aliphatic hydroxyl groups excluding tert-OH is 1. The molecule has 10 heteroatoms. The van der Waals surface area contributed by atoms with Crippen molar-refractivity contribution >= 4 is 29.7 Å². The van der Waals surface area contributed by atoms with Gasteiger partial charge in [-0.1, -0.05) is 54.6 Å². The van der Waals surface area contributed by atoms with Crippen molar-refractivity contribution in [3.63, 3.8) is 0 Å². The molecule has 1 aliphatic carbocycles. The van der Waals surface area contributed by atoms with Crippen LogP contribution in [0.5, 0.6) is 0 Å². The van der Waals surface area contributed by atoms with Crippen molar-refractivity contribution in [2.45, 2.75) is 88.1 Å². The van der Waals surface area contributed by atoms with Gasteiger partial charge in [-0.25, -0.2) is 4.79 Å². The first kappa shape index (κ1) is 30.4. The van der Waals surface area contributed by atoms with Crippen LogP contribution in [0.1, 0.15) is 49.8 Å². The molecule has 0 bridgehead atoms. The van der Waals surface area contributed by atoms with Gasteiger partial charge in [-0.15, -0.1) is 11.8 Å². The molecule has 42 heavy (non-hydrogen) atoms. The maximum Gasteiger partial charge on any atom is 0.407 e. The van der Waals surface area contributed by atoms with Gasteiger partial charge >= 0.3 is 6.09 Å². The molecule has 3 N–H and O–H groups in total. The first-order chi connectivity index (χ1) is 20.1. The van der Waals surface area contributed by atoms with E-state index in [1.54, 1.807) is 0 Å². The third-order valence-electron chi connectivity index (χ3n) is 8.71. The van der Waals surface area contributed by atoms with Gasteiger partial charge in [0.25, 0.3) is 5.91 Å². The smallest absolute Gasteiger partial charge is 0.407 e. The van der Waals surface area contributed by atoms with Crippen LogP contribution in [0.2, 0.25) is 0 Å². The summed E-state index contributed by atoms with van der Waals surface area (Å²) in [5, 5.41) is 17.2. The quantitative estimate of drug-likeness (QED) is 0.406. The highest BCUT2D eigenvalue weighted by atomic mass is 32.2. The molecule has 9 nitrogen and oxygen atoms in total. The number of alkyl carbamates (subject to hydrolysis) is 1. The Morgan fingerprint density at radius 3 is 2.60 bits per heavy atom. The molecular weight excluding hydrogens is 554 g/mol. The van der Waals surface area contributed by atoms with Crippen LogP contribution in [0.3, 0.4) is 0 Å². The number of rotatable bonds is 9. The van der Waals surface area contributed by atoms with Crippen LogP contribution in [0, 0.1) is 12.8 Å². The Hall–Kier alpha value is -3.08. The number of thioether (sulfide) groups is 1. The zero-order valence-electron chi connectivity index (χ0n) is 24.5. The molecule has 5 rings (SSSR count). The van der Waals surface area contributed by atoms with E-state index in [-0.39, 0.29) is 30.4 Å². The summed E-state index contributed by atoms with van der Waals surface area (Å²) in [6.45, 7) is 6.92. The summed E-state index contributed by atoms with van der Waals surface area (Å²) in [5.41, 5.74) is 2.91. The van der Waals surface area contributed by atoms with E-state index in [0.29, 0.717) is 18.9 Å². The van der Waals surface area contributed by atoms with Gasteiger partial charge in [-0.2, -0.15) is 0 Å². The van der Waals surface area contributed by atoms with Gasteiger partial charge < -0.3 is 30.1 Å². The summed E-state index contributed by atoms with van der Waals surface area (Å²) < 4.78 is 10.9. The minimum Gasteiger partial charge on any atom is -0.446 e. The summed E-state index contributed by atoms with van der Waals surface area (Å²) in [6.07, 6.45) is 0.213. The van der Waals surface area contributed by atoms with Crippen LogP contribution in [0.4, 0.5) is 4.79 Å². The Morgan fingerprint density at radius 1 is 1.12 bits per heavy atom. The molecule has 6 atom stereocenters. The highest BCUT2D eigenvalue weighted by Crippen LogP contribution is 2.40. The predicted octanol–water partition coefficient (Wildman–Crippen LogP) is 3.56. The van der Waals surface area contributed by atoms with Crippen LogP contribution < -0.4 is 10.6 Å². The molecule has 1 saturated carbocycles. The normalized spacial score (nSPS) is 25.9. The monoisotopic (exact) mass is 595 g/mol. The first-order valence-corrected chi connectivity index (χ1v) is 15.7. The molecule has 0 spiro atoms. The van der Waals surface area contributed by atoms with Gasteiger partial charge in [0.05, 0.1) is 18.0 Å². The van der Waals surface area contributed by atoms with Crippen molar-refractivity contribution in [2.24, 2.45) is 5.92 Å². The SMILES string of the molecule is Cc1ccccc1CNC(=O)[C@H]1N(C(=O)[C@@H](O)[C@H](Cc2ccccc2)NC(=O)O[C@@H]2C[C@@H]3CCO[C@@H]3C2)CSC1(C)C. The van der Waals surface area contributed by atoms with Crippen molar-refractivity contribution < 1.29 is 29.0 Å². The standard InChI is InChI=1S/C32H41N3O6S/c1-20-9-7-8-12-23(20)18-33-29(37)28-32(2,3)42-19-35(28)30(38)27(36)25(15-21-10-5-4-6-11-21)34-31(39)41-24-16-22-13-14-40-26(22)17-24/h4-12,22,24-28,36H,13-19H2,1-3H3,(H,33,37)(H,34,39)/t22-,24+,25-,26+,27-,28+/m0/s1. The minimum absolute atomic E-state index is 0.125. The maximum absolute atomic E-state index is 13.8. The number of nitrogens with zero attached hydrogens (tertiary/aromatic N) is 1. The maximum atomic E-state index is 13.8. The number of hydrogen-bond donors (Lipinski definition) is 3. The van der Waals surface area contributed by atoms with Gasteiger partial charge in [-0.05, 0) is 62.6 Å². The first-order valence-electron chi connectivity index (χ1n) is 14.7. The van der Waals surface area contributed by atoms with E-state index < -0.39 is 34.9 Å². The molecule has 0 aromatic heterocycles. The number of aliphatic hydroxyl groups is 1. The molecule has 3 amide bonds. The lowest BCUT2D eigenvalue weighted by Crippen LogP contribution is -2.58. The molecule has 226 valence electrons. The van der Waals surface area contributed by atoms with Gasteiger partial charge in [0.1, 0.15) is 12.1 Å². The van der Waals surface area contributed by atoms with Crippen molar-refractivity contribution in [1.29, 1.82) is 0 Å². The number of benzene rings is 2. The summed E-state index contributed by atoms with van der Waals surface area (Å²) in [4.78, 5) is 41.8. The summed E-state index contributed by atoms with van der Waals surface area (Å²) in [5.74, 6) is -0.234. The number of fused-ring (bicyclic) bond motifs is 1. The number of carbonyl (C=O) groups is 3. The molecule has 2 heterocycles. The Morgan fingerprint density at radius 2 is 1.86 bits per heavy atom. The van der Waals surface area contributed by atoms with E-state index in [2.05, 4.69) is 10.6 Å². The molecule has 2 aromatic rings. The van der Waals surface area contributed by atoms with E-state index in [1.807, 2.05) is 75.4 Å². The number of aryl methyl sites for hydroxylation is 1. The number of nitrogens with one attached hydrogen (secondary N) is 2. The largest absolute Gasteiger partial charge is 0.446 e. The highest BCUT2D eigenvalue weighted by molar-refractivity contribution is 8.00. The number of ether oxygens (including phenoxy) is 2. The Balaban J connectivity index is 1.28. The fourth-order valence-electron chi connectivity index (χ4n) is 6.30. The van der Waals surface area contributed by atoms with Crippen LogP contribution in [0.15, 0.2) is 54.6 Å². The Labute approximate surface area is 251 Å². The van der Waals surface area contributed by atoms with E-state index in [1.165, 1.54) is 16.7 Å². The molecule has 2 aliphatic heterocycles. The van der Waals surface area contributed by atoms with Crippen LogP contribution in [-0.4, -0.2) is 75.5 Å². The molecule has 0 unspecified atom stereocenters. The average Bonchev–Trinajstić information content (AvgIpc) is 3.65. The van der Waals surface area contributed by atoms with Crippen molar-refractivity contribution in [3.8, 4) is 0 Å². The number of amides is 3. The summed E-state index contributed by atoms with van der Waals surface area (Å²) in [7, 11) is 0. The van der Waals surface area contributed by atoms with Crippen LogP contribution in [-0.2, 0) is 32.0 Å². The second kappa shape index (κ2) is 13.1. The highest BCUT2D eigenvalue weighted by Gasteiger charge is 2.50. The summed E-state index contributed by atoms with van der Waals surface area (Å²) >= 11 is 1.48.